The summed E-state index contributed by atoms with van der Waals surface area (Å²) < 4.78 is 22.9. The van der Waals surface area contributed by atoms with E-state index in [0.29, 0.717) is 11.3 Å². The third kappa shape index (κ3) is 6.91. The van der Waals surface area contributed by atoms with Crippen molar-refractivity contribution in [1.82, 2.24) is 10.2 Å². The Labute approximate surface area is 168 Å². The predicted molar refractivity (Wildman–Crippen MR) is 104 cm³/mol. The lowest BCUT2D eigenvalue weighted by Crippen LogP contribution is -2.42. The Morgan fingerprint density at radius 3 is 2.28 bits per heavy atom. The van der Waals surface area contributed by atoms with E-state index in [9.17, 15) is 18.8 Å². The number of likely N-dealkylation sites (N-methyl/N-ethyl adjacent to an activating group) is 1. The lowest BCUT2D eigenvalue weighted by Gasteiger charge is -2.20. The Balaban J connectivity index is 1.80. The summed E-state index contributed by atoms with van der Waals surface area (Å²) in [7, 11) is 1.52. The number of esters is 1. The van der Waals surface area contributed by atoms with Gasteiger partial charge in [0.05, 0.1) is 19.2 Å². The van der Waals surface area contributed by atoms with Gasteiger partial charge in [-0.3, -0.25) is 9.59 Å². The molecule has 0 aliphatic carbocycles. The molecule has 0 unspecified atom stereocenters. The monoisotopic (exact) mass is 402 g/mol. The van der Waals surface area contributed by atoms with E-state index in [1.165, 1.54) is 36.3 Å². The average Bonchev–Trinajstić information content (AvgIpc) is 2.75. The second-order valence-corrected chi connectivity index (χ2v) is 6.12. The molecule has 0 aromatic heterocycles. The van der Waals surface area contributed by atoms with Gasteiger partial charge in [0.1, 0.15) is 11.6 Å². The van der Waals surface area contributed by atoms with Crippen LogP contribution in [0.15, 0.2) is 48.5 Å². The van der Waals surface area contributed by atoms with Crippen molar-refractivity contribution in [1.29, 1.82) is 0 Å². The van der Waals surface area contributed by atoms with Crippen LogP contribution < -0.4 is 10.1 Å². The highest BCUT2D eigenvalue weighted by molar-refractivity contribution is 5.92. The van der Waals surface area contributed by atoms with Crippen LogP contribution >= 0.6 is 0 Å². The fraction of sp³-hybridized carbons (Fsp3) is 0.286. The molecule has 0 spiro atoms. The van der Waals surface area contributed by atoms with Gasteiger partial charge in [-0.15, -0.1) is 0 Å². The van der Waals surface area contributed by atoms with E-state index in [4.69, 9.17) is 9.47 Å². The standard InChI is InChI=1S/C21H23FN2O5/c1-3-24(13-19(25)23-12-15-4-8-17(22)9-5-15)20(26)14-29-21(27)16-6-10-18(28-2)11-7-16/h4-11H,3,12-14H2,1-2H3,(H,23,25). The van der Waals surface area contributed by atoms with Gasteiger partial charge in [-0.1, -0.05) is 12.1 Å². The summed E-state index contributed by atoms with van der Waals surface area (Å²) in [6.45, 7) is 1.58. The minimum absolute atomic E-state index is 0.170. The molecular formula is C21H23FN2O5. The van der Waals surface area contributed by atoms with Gasteiger partial charge in [-0.05, 0) is 48.9 Å². The molecule has 0 saturated carbocycles. The van der Waals surface area contributed by atoms with Crippen molar-refractivity contribution in [2.45, 2.75) is 13.5 Å². The van der Waals surface area contributed by atoms with Crippen LogP contribution in [0.3, 0.4) is 0 Å². The minimum Gasteiger partial charge on any atom is -0.497 e. The fourth-order valence-electron chi connectivity index (χ4n) is 2.44. The van der Waals surface area contributed by atoms with Crippen LogP contribution in [-0.2, 0) is 20.9 Å². The van der Waals surface area contributed by atoms with Crippen molar-refractivity contribution in [2.75, 3.05) is 26.8 Å². The van der Waals surface area contributed by atoms with Crippen LogP contribution in [0.1, 0.15) is 22.8 Å². The second-order valence-electron chi connectivity index (χ2n) is 6.12. The van der Waals surface area contributed by atoms with Crippen LogP contribution in [0.25, 0.3) is 0 Å². The molecule has 2 aromatic rings. The lowest BCUT2D eigenvalue weighted by molar-refractivity contribution is -0.138. The average molecular weight is 402 g/mol. The first-order valence-electron chi connectivity index (χ1n) is 9.03. The predicted octanol–water partition coefficient (Wildman–Crippen LogP) is 2.16. The lowest BCUT2D eigenvalue weighted by atomic mass is 10.2. The number of nitrogens with one attached hydrogen (secondary N) is 1. The summed E-state index contributed by atoms with van der Waals surface area (Å²) >= 11 is 0. The normalized spacial score (nSPS) is 10.2. The maximum absolute atomic E-state index is 12.9. The van der Waals surface area contributed by atoms with Gasteiger partial charge in [-0.2, -0.15) is 0 Å². The van der Waals surface area contributed by atoms with Crippen molar-refractivity contribution in [3.63, 3.8) is 0 Å². The molecule has 0 heterocycles. The first kappa shape index (κ1) is 21.9. The zero-order chi connectivity index (χ0) is 21.2. The highest BCUT2D eigenvalue weighted by Gasteiger charge is 2.18. The molecular weight excluding hydrogens is 379 g/mol. The van der Waals surface area contributed by atoms with Gasteiger partial charge in [-0.25, -0.2) is 9.18 Å². The van der Waals surface area contributed by atoms with E-state index in [2.05, 4.69) is 5.32 Å². The molecule has 1 N–H and O–H groups in total. The smallest absolute Gasteiger partial charge is 0.338 e. The molecule has 0 fully saturated rings. The van der Waals surface area contributed by atoms with E-state index < -0.39 is 18.5 Å². The van der Waals surface area contributed by atoms with Crippen LogP contribution in [0.4, 0.5) is 4.39 Å². The molecule has 0 aliphatic rings. The quantitative estimate of drug-likeness (QED) is 0.650. The van der Waals surface area contributed by atoms with Crippen LogP contribution in [0.5, 0.6) is 5.75 Å². The maximum atomic E-state index is 12.9. The van der Waals surface area contributed by atoms with E-state index in [1.807, 2.05) is 0 Å². The fourth-order valence-corrected chi connectivity index (χ4v) is 2.44. The third-order valence-electron chi connectivity index (χ3n) is 4.12. The van der Waals surface area contributed by atoms with Crippen molar-refractivity contribution in [2.24, 2.45) is 0 Å². The number of carbonyl (C=O) groups is 3. The Hall–Kier alpha value is -3.42. The number of benzene rings is 2. The van der Waals surface area contributed by atoms with Gasteiger partial charge in [0.15, 0.2) is 6.61 Å². The first-order chi connectivity index (χ1) is 13.9. The number of amides is 2. The molecule has 0 bridgehead atoms. The van der Waals surface area contributed by atoms with Crippen molar-refractivity contribution < 1.29 is 28.2 Å². The zero-order valence-electron chi connectivity index (χ0n) is 16.3. The van der Waals surface area contributed by atoms with Gasteiger partial charge in [0.2, 0.25) is 5.91 Å². The van der Waals surface area contributed by atoms with Crippen LogP contribution in [0, 0.1) is 5.82 Å². The number of methoxy groups -OCH3 is 1. The van der Waals surface area contributed by atoms with Crippen molar-refractivity contribution >= 4 is 17.8 Å². The second kappa shape index (κ2) is 10.8. The number of rotatable bonds is 9. The maximum Gasteiger partial charge on any atom is 0.338 e. The summed E-state index contributed by atoms with van der Waals surface area (Å²) in [5.74, 6) is -1.25. The molecule has 2 rings (SSSR count). The van der Waals surface area contributed by atoms with E-state index in [0.717, 1.165) is 5.56 Å². The zero-order valence-corrected chi connectivity index (χ0v) is 16.3. The number of ether oxygens (including phenoxy) is 2. The Bertz CT molecular complexity index is 837. The summed E-state index contributed by atoms with van der Waals surface area (Å²) in [5, 5.41) is 2.66. The highest BCUT2D eigenvalue weighted by Crippen LogP contribution is 2.12. The molecule has 2 aromatic carbocycles. The largest absolute Gasteiger partial charge is 0.497 e. The molecule has 0 aliphatic heterocycles. The van der Waals surface area contributed by atoms with Gasteiger partial charge in [0.25, 0.3) is 5.91 Å². The van der Waals surface area contributed by atoms with Gasteiger partial charge < -0.3 is 19.7 Å². The molecule has 29 heavy (non-hydrogen) atoms. The summed E-state index contributed by atoms with van der Waals surface area (Å²) in [4.78, 5) is 37.6. The van der Waals surface area contributed by atoms with E-state index in [1.54, 1.807) is 31.2 Å². The Morgan fingerprint density at radius 2 is 1.69 bits per heavy atom. The van der Waals surface area contributed by atoms with Crippen molar-refractivity contribution in [3.05, 3.63) is 65.5 Å². The van der Waals surface area contributed by atoms with Gasteiger partial charge >= 0.3 is 5.97 Å². The van der Waals surface area contributed by atoms with Gasteiger partial charge in [0, 0.05) is 13.1 Å². The number of halogens is 1. The molecule has 154 valence electrons. The Morgan fingerprint density at radius 1 is 1.03 bits per heavy atom. The summed E-state index contributed by atoms with van der Waals surface area (Å²) in [6.07, 6.45) is 0. The van der Waals surface area contributed by atoms with E-state index >= 15 is 0 Å². The van der Waals surface area contributed by atoms with E-state index in [-0.39, 0.29) is 31.4 Å². The molecule has 0 saturated heterocycles. The number of hydrogen-bond acceptors (Lipinski definition) is 5. The number of carbonyl (C=O) groups excluding carboxylic acids is 3. The molecule has 2 amide bonds. The summed E-state index contributed by atoms with van der Waals surface area (Å²) in [6, 6.07) is 12.0. The molecule has 7 nitrogen and oxygen atoms in total. The SMILES string of the molecule is CCN(CC(=O)NCc1ccc(F)cc1)C(=O)COC(=O)c1ccc(OC)cc1. The van der Waals surface area contributed by atoms with Crippen molar-refractivity contribution in [3.8, 4) is 5.75 Å². The first-order valence-corrected chi connectivity index (χ1v) is 9.03. The molecule has 8 heteroatoms. The highest BCUT2D eigenvalue weighted by atomic mass is 19.1. The van der Waals surface area contributed by atoms with Crippen LogP contribution in [-0.4, -0.2) is 49.5 Å². The van der Waals surface area contributed by atoms with Crippen LogP contribution in [0.2, 0.25) is 0 Å². The topological polar surface area (TPSA) is 84.9 Å². The third-order valence-corrected chi connectivity index (χ3v) is 4.12. The number of nitrogens with zero attached hydrogens (tertiary/aromatic N) is 1. The molecule has 0 atom stereocenters. The number of hydrogen-bond donors (Lipinski definition) is 1. The Kier molecular flexibility index (Phi) is 8.14. The molecule has 0 radical (unpaired) electrons. The summed E-state index contributed by atoms with van der Waals surface area (Å²) in [5.41, 5.74) is 1.03. The minimum atomic E-state index is -0.641.